The fraction of sp³-hybridized carbons (Fsp3) is 0.471. The monoisotopic (exact) mass is 288 g/mol. The Labute approximate surface area is 126 Å². The average Bonchev–Trinajstić information content (AvgIpc) is 2.54. The van der Waals surface area contributed by atoms with Crippen molar-refractivity contribution in [1.29, 1.82) is 0 Å². The topological polar surface area (TPSA) is 50.4 Å². The minimum atomic E-state index is -0.117. The highest BCUT2D eigenvalue weighted by molar-refractivity contribution is 5.74. The van der Waals surface area contributed by atoms with Gasteiger partial charge in [-0.2, -0.15) is 0 Å². The quantitative estimate of drug-likeness (QED) is 0.791. The number of rotatable bonds is 6. The number of carbonyl (C=O) groups is 1. The van der Waals surface area contributed by atoms with Crippen LogP contribution in [-0.2, 0) is 11.2 Å². The summed E-state index contributed by atoms with van der Waals surface area (Å²) < 4.78 is 5.27. The lowest BCUT2D eigenvalue weighted by Gasteiger charge is -2.14. The first-order chi connectivity index (χ1) is 10.3. The van der Waals surface area contributed by atoms with Crippen LogP contribution in [0.3, 0.4) is 0 Å². The van der Waals surface area contributed by atoms with E-state index in [1.54, 1.807) is 0 Å². The highest BCUT2D eigenvalue weighted by Gasteiger charge is 2.05. The third kappa shape index (κ3) is 6.45. The number of amides is 2. The minimum Gasteiger partial charge on any atom is -0.381 e. The Morgan fingerprint density at radius 3 is 2.67 bits per heavy atom. The molecule has 2 rings (SSSR count). The number of nitrogens with one attached hydrogen (secondary N) is 2. The molecule has 2 amide bonds. The SMILES string of the molecule is O=C(NC=C1CCOCC1)NCCCCc1ccccc1. The molecule has 0 aromatic heterocycles. The molecule has 1 fully saturated rings. The van der Waals surface area contributed by atoms with Gasteiger partial charge in [-0.3, -0.25) is 0 Å². The predicted molar refractivity (Wildman–Crippen MR) is 84.1 cm³/mol. The summed E-state index contributed by atoms with van der Waals surface area (Å²) in [4.78, 5) is 11.6. The lowest BCUT2D eigenvalue weighted by atomic mass is 10.1. The smallest absolute Gasteiger partial charge is 0.318 e. The van der Waals surface area contributed by atoms with E-state index >= 15 is 0 Å². The molecular weight excluding hydrogens is 264 g/mol. The summed E-state index contributed by atoms with van der Waals surface area (Å²) in [5.74, 6) is 0. The molecule has 114 valence electrons. The van der Waals surface area contributed by atoms with Gasteiger partial charge in [0.2, 0.25) is 0 Å². The third-order valence-electron chi connectivity index (χ3n) is 3.56. The number of urea groups is 1. The Bertz CT molecular complexity index is 449. The molecule has 4 heteroatoms. The van der Waals surface area contributed by atoms with E-state index in [-0.39, 0.29) is 6.03 Å². The Morgan fingerprint density at radius 1 is 1.14 bits per heavy atom. The van der Waals surface area contributed by atoms with Crippen molar-refractivity contribution < 1.29 is 9.53 Å². The Balaban J connectivity index is 1.53. The summed E-state index contributed by atoms with van der Waals surface area (Å²) in [6.07, 6.45) is 6.79. The van der Waals surface area contributed by atoms with E-state index in [0.29, 0.717) is 6.54 Å². The first-order valence-corrected chi connectivity index (χ1v) is 7.68. The summed E-state index contributed by atoms with van der Waals surface area (Å²) in [6, 6.07) is 10.3. The largest absolute Gasteiger partial charge is 0.381 e. The second kappa shape index (κ2) is 9.19. The van der Waals surface area contributed by atoms with E-state index in [0.717, 1.165) is 45.3 Å². The van der Waals surface area contributed by atoms with Gasteiger partial charge < -0.3 is 15.4 Å². The standard InChI is InChI=1S/C17H24N2O2/c20-17(19-14-16-9-12-21-13-10-16)18-11-5-4-8-15-6-2-1-3-7-15/h1-3,6-7,14H,4-5,8-13H2,(H2,18,19,20). The molecule has 1 heterocycles. The van der Waals surface area contributed by atoms with Crippen molar-refractivity contribution in [2.45, 2.75) is 32.1 Å². The van der Waals surface area contributed by atoms with Gasteiger partial charge in [0.1, 0.15) is 0 Å². The second-order valence-corrected chi connectivity index (χ2v) is 5.26. The molecule has 0 bridgehead atoms. The van der Waals surface area contributed by atoms with E-state index in [1.165, 1.54) is 11.1 Å². The van der Waals surface area contributed by atoms with Gasteiger partial charge >= 0.3 is 6.03 Å². The van der Waals surface area contributed by atoms with E-state index in [4.69, 9.17) is 4.74 Å². The normalized spacial score (nSPS) is 14.6. The number of ether oxygens (including phenoxy) is 1. The van der Waals surface area contributed by atoms with Crippen LogP contribution in [0.4, 0.5) is 4.79 Å². The maximum Gasteiger partial charge on any atom is 0.318 e. The molecule has 0 spiro atoms. The molecule has 0 unspecified atom stereocenters. The molecule has 0 aliphatic carbocycles. The lowest BCUT2D eigenvalue weighted by Crippen LogP contribution is -2.33. The van der Waals surface area contributed by atoms with Crippen LogP contribution < -0.4 is 10.6 Å². The van der Waals surface area contributed by atoms with Gasteiger partial charge in [-0.1, -0.05) is 30.3 Å². The summed E-state index contributed by atoms with van der Waals surface area (Å²) in [7, 11) is 0. The summed E-state index contributed by atoms with van der Waals surface area (Å²) >= 11 is 0. The Kier molecular flexibility index (Phi) is 6.81. The summed E-state index contributed by atoms with van der Waals surface area (Å²) in [5.41, 5.74) is 2.60. The molecular formula is C17H24N2O2. The molecule has 4 nitrogen and oxygen atoms in total. The van der Waals surface area contributed by atoms with Gasteiger partial charge in [0, 0.05) is 12.7 Å². The average molecular weight is 288 g/mol. The van der Waals surface area contributed by atoms with Crippen LogP contribution in [0.5, 0.6) is 0 Å². The first-order valence-electron chi connectivity index (χ1n) is 7.68. The summed E-state index contributed by atoms with van der Waals surface area (Å²) in [6.45, 7) is 2.23. The van der Waals surface area contributed by atoms with Gasteiger partial charge in [0.25, 0.3) is 0 Å². The molecule has 1 aliphatic rings. The van der Waals surface area contributed by atoms with Crippen molar-refractivity contribution >= 4 is 6.03 Å². The molecule has 1 aliphatic heterocycles. The Morgan fingerprint density at radius 2 is 1.90 bits per heavy atom. The fourth-order valence-electron chi connectivity index (χ4n) is 2.30. The van der Waals surface area contributed by atoms with Crippen molar-refractivity contribution in [2.75, 3.05) is 19.8 Å². The Hall–Kier alpha value is -1.81. The first kappa shape index (κ1) is 15.6. The van der Waals surface area contributed by atoms with E-state index in [2.05, 4.69) is 34.9 Å². The van der Waals surface area contributed by atoms with E-state index in [1.807, 2.05) is 12.3 Å². The van der Waals surface area contributed by atoms with Gasteiger partial charge in [0.05, 0.1) is 13.2 Å². The zero-order valence-electron chi connectivity index (χ0n) is 12.4. The molecule has 1 saturated heterocycles. The van der Waals surface area contributed by atoms with Gasteiger partial charge in [-0.15, -0.1) is 0 Å². The lowest BCUT2D eigenvalue weighted by molar-refractivity contribution is 0.119. The third-order valence-corrected chi connectivity index (χ3v) is 3.56. The van der Waals surface area contributed by atoms with Crippen molar-refractivity contribution in [3.05, 3.63) is 47.7 Å². The zero-order valence-corrected chi connectivity index (χ0v) is 12.4. The highest BCUT2D eigenvalue weighted by Crippen LogP contribution is 2.11. The van der Waals surface area contributed by atoms with Gasteiger partial charge in [0.15, 0.2) is 0 Å². The van der Waals surface area contributed by atoms with Crippen LogP contribution >= 0.6 is 0 Å². The maximum atomic E-state index is 11.6. The van der Waals surface area contributed by atoms with Crippen molar-refractivity contribution in [2.24, 2.45) is 0 Å². The van der Waals surface area contributed by atoms with Crippen LogP contribution in [0.1, 0.15) is 31.2 Å². The van der Waals surface area contributed by atoms with E-state index in [9.17, 15) is 4.79 Å². The number of benzene rings is 1. The minimum absolute atomic E-state index is 0.117. The number of unbranched alkanes of at least 4 members (excludes halogenated alkanes) is 1. The fourth-order valence-corrected chi connectivity index (χ4v) is 2.30. The molecule has 21 heavy (non-hydrogen) atoms. The van der Waals surface area contributed by atoms with Crippen molar-refractivity contribution in [3.63, 3.8) is 0 Å². The van der Waals surface area contributed by atoms with Crippen LogP contribution in [-0.4, -0.2) is 25.8 Å². The van der Waals surface area contributed by atoms with Crippen LogP contribution in [0.15, 0.2) is 42.1 Å². The number of aryl methyl sites for hydroxylation is 1. The van der Waals surface area contributed by atoms with Gasteiger partial charge in [-0.05, 0) is 43.2 Å². The predicted octanol–water partition coefficient (Wildman–Crippen LogP) is 3.00. The van der Waals surface area contributed by atoms with Crippen LogP contribution in [0.2, 0.25) is 0 Å². The van der Waals surface area contributed by atoms with Crippen molar-refractivity contribution in [1.82, 2.24) is 10.6 Å². The molecule has 1 aromatic carbocycles. The number of hydrogen-bond acceptors (Lipinski definition) is 2. The second-order valence-electron chi connectivity index (χ2n) is 5.26. The molecule has 2 N–H and O–H groups in total. The number of hydrogen-bond donors (Lipinski definition) is 2. The zero-order chi connectivity index (χ0) is 14.8. The van der Waals surface area contributed by atoms with Crippen LogP contribution in [0.25, 0.3) is 0 Å². The number of carbonyl (C=O) groups excluding carboxylic acids is 1. The van der Waals surface area contributed by atoms with Crippen LogP contribution in [0, 0.1) is 0 Å². The maximum absolute atomic E-state index is 11.6. The molecule has 0 saturated carbocycles. The molecule has 1 aromatic rings. The van der Waals surface area contributed by atoms with Crippen molar-refractivity contribution in [3.8, 4) is 0 Å². The van der Waals surface area contributed by atoms with E-state index < -0.39 is 0 Å². The van der Waals surface area contributed by atoms with Gasteiger partial charge in [-0.25, -0.2) is 4.79 Å². The molecule has 0 radical (unpaired) electrons. The summed E-state index contributed by atoms with van der Waals surface area (Å²) in [5, 5.41) is 5.68. The molecule has 0 atom stereocenters. The highest BCUT2D eigenvalue weighted by atomic mass is 16.5.